The van der Waals surface area contributed by atoms with Crippen LogP contribution in [0.3, 0.4) is 0 Å². The van der Waals surface area contributed by atoms with E-state index >= 15 is 0 Å². The number of nitrogens with zero attached hydrogens (tertiary/aromatic N) is 3. The molecular weight excluding hydrogens is 473 g/mol. The molecule has 3 aromatic rings. The van der Waals surface area contributed by atoms with E-state index in [0.717, 1.165) is 37.8 Å². The fourth-order valence-electron chi connectivity index (χ4n) is 4.66. The summed E-state index contributed by atoms with van der Waals surface area (Å²) in [5, 5.41) is 17.2. The molecule has 1 aliphatic rings. The van der Waals surface area contributed by atoms with Crippen LogP contribution in [-0.4, -0.2) is 47.0 Å². The Labute approximate surface area is 211 Å². The second-order valence-corrected chi connectivity index (χ2v) is 10.5. The zero-order valence-corrected chi connectivity index (χ0v) is 21.2. The summed E-state index contributed by atoms with van der Waals surface area (Å²) in [6.07, 6.45) is 5.28. The first-order valence-corrected chi connectivity index (χ1v) is 12.5. The van der Waals surface area contributed by atoms with E-state index in [9.17, 15) is 5.11 Å². The number of ether oxygens (including phenoxy) is 1. The first-order chi connectivity index (χ1) is 16.3. The Morgan fingerprint density at radius 1 is 1.06 bits per heavy atom. The Morgan fingerprint density at radius 3 is 2.50 bits per heavy atom. The molecule has 4 rings (SSSR count). The Kier molecular flexibility index (Phi) is 7.83. The largest absolute Gasteiger partial charge is 0.488 e. The van der Waals surface area contributed by atoms with Gasteiger partial charge in [0.15, 0.2) is 5.60 Å². The molecule has 1 fully saturated rings. The molecule has 1 aliphatic carbocycles. The van der Waals surface area contributed by atoms with E-state index in [-0.39, 0.29) is 11.8 Å². The molecule has 0 aliphatic heterocycles. The number of aromatic nitrogens is 2. The maximum Gasteiger partial charge on any atom is 0.263 e. The average molecular weight is 505 g/mol. The van der Waals surface area contributed by atoms with Crippen molar-refractivity contribution in [3.8, 4) is 5.75 Å². The molecule has 1 aromatic heterocycles. The van der Waals surface area contributed by atoms with Crippen molar-refractivity contribution in [1.29, 1.82) is 0 Å². The van der Waals surface area contributed by atoms with E-state index in [1.54, 1.807) is 18.2 Å². The van der Waals surface area contributed by atoms with Crippen LogP contribution in [0.15, 0.2) is 53.1 Å². The van der Waals surface area contributed by atoms with E-state index in [1.807, 2.05) is 30.3 Å². The molecule has 0 spiro atoms. The Morgan fingerprint density at radius 2 is 1.79 bits per heavy atom. The standard InChI is InChI=1S/C26H32Cl2N3O3/c1-31(2,15-16-33-21-13-14-22(27)23(28)17-21)18-24-29-25(34-30-24)26(32,19-9-5-3-6-10-19)20-11-7-4-8-12-20/h3,5-6,9-10,13-14,17,20,32H,4,7-8,11-12,15-16,18H2,1-2H3/q+1. The number of halogens is 2. The van der Waals surface area contributed by atoms with Crippen LogP contribution in [0.5, 0.6) is 5.75 Å². The molecule has 0 radical (unpaired) electrons. The summed E-state index contributed by atoms with van der Waals surface area (Å²) in [5.74, 6) is 1.59. The molecule has 1 unspecified atom stereocenters. The van der Waals surface area contributed by atoms with E-state index < -0.39 is 5.60 Å². The molecule has 6 nitrogen and oxygen atoms in total. The summed E-state index contributed by atoms with van der Waals surface area (Å²) in [5.41, 5.74) is -0.470. The van der Waals surface area contributed by atoms with Crippen LogP contribution >= 0.6 is 23.2 Å². The van der Waals surface area contributed by atoms with Crippen molar-refractivity contribution in [2.45, 2.75) is 44.2 Å². The zero-order chi connectivity index (χ0) is 24.2. The smallest absolute Gasteiger partial charge is 0.263 e. The highest BCUT2D eigenvalue weighted by atomic mass is 35.5. The van der Waals surface area contributed by atoms with Crippen molar-refractivity contribution >= 4 is 23.2 Å². The van der Waals surface area contributed by atoms with E-state index in [2.05, 4.69) is 19.3 Å². The predicted molar refractivity (Wildman–Crippen MR) is 133 cm³/mol. The van der Waals surface area contributed by atoms with E-state index in [4.69, 9.17) is 37.4 Å². The molecule has 1 atom stereocenters. The van der Waals surface area contributed by atoms with Gasteiger partial charge in [-0.15, -0.1) is 0 Å². The van der Waals surface area contributed by atoms with Crippen LogP contribution in [-0.2, 0) is 12.1 Å². The van der Waals surface area contributed by atoms with Gasteiger partial charge in [0, 0.05) is 12.0 Å². The van der Waals surface area contributed by atoms with Gasteiger partial charge in [0.25, 0.3) is 5.89 Å². The van der Waals surface area contributed by atoms with Gasteiger partial charge in [0.2, 0.25) is 5.82 Å². The molecule has 1 saturated carbocycles. The second kappa shape index (κ2) is 10.6. The van der Waals surface area contributed by atoms with E-state index in [0.29, 0.717) is 39.3 Å². The number of hydrogen-bond acceptors (Lipinski definition) is 5. The van der Waals surface area contributed by atoms with Gasteiger partial charge in [-0.3, -0.25) is 0 Å². The Bertz CT molecular complexity index is 1080. The third kappa shape index (κ3) is 5.74. The highest BCUT2D eigenvalue weighted by molar-refractivity contribution is 6.42. The normalized spacial score (nSPS) is 16.9. The maximum absolute atomic E-state index is 12.0. The van der Waals surface area contributed by atoms with Gasteiger partial charge in [0.1, 0.15) is 25.4 Å². The quantitative estimate of drug-likeness (QED) is 0.370. The lowest BCUT2D eigenvalue weighted by atomic mass is 9.73. The fourth-order valence-corrected chi connectivity index (χ4v) is 4.95. The topological polar surface area (TPSA) is 68.4 Å². The number of quaternary nitrogens is 1. The number of likely N-dealkylation sites (N-methyl/N-ethyl adjacent to an activating group) is 1. The first-order valence-electron chi connectivity index (χ1n) is 11.8. The monoisotopic (exact) mass is 504 g/mol. The van der Waals surface area contributed by atoms with Gasteiger partial charge in [-0.2, -0.15) is 4.98 Å². The lowest BCUT2D eigenvalue weighted by Gasteiger charge is -2.36. The summed E-state index contributed by atoms with van der Waals surface area (Å²) < 4.78 is 12.1. The van der Waals surface area contributed by atoms with Gasteiger partial charge >= 0.3 is 0 Å². The third-order valence-electron chi connectivity index (χ3n) is 6.63. The molecule has 34 heavy (non-hydrogen) atoms. The Balaban J connectivity index is 1.45. The van der Waals surface area contributed by atoms with Crippen LogP contribution in [0.4, 0.5) is 0 Å². The Hall–Kier alpha value is -2.12. The summed E-state index contributed by atoms with van der Waals surface area (Å²) >= 11 is 12.0. The average Bonchev–Trinajstić information content (AvgIpc) is 3.30. The van der Waals surface area contributed by atoms with Crippen LogP contribution in [0, 0.1) is 5.92 Å². The number of hydrogen-bond donors (Lipinski definition) is 1. The minimum absolute atomic E-state index is 0.0547. The molecule has 182 valence electrons. The van der Waals surface area contributed by atoms with E-state index in [1.165, 1.54) is 6.42 Å². The van der Waals surface area contributed by atoms with Crippen molar-refractivity contribution in [2.75, 3.05) is 27.2 Å². The highest BCUT2D eigenvalue weighted by Crippen LogP contribution is 2.43. The zero-order valence-electron chi connectivity index (χ0n) is 19.7. The summed E-state index contributed by atoms with van der Waals surface area (Å²) in [6.45, 7) is 1.76. The first kappa shape index (κ1) is 25.0. The minimum Gasteiger partial charge on any atom is -0.488 e. The van der Waals surface area contributed by atoms with Crippen molar-refractivity contribution in [2.24, 2.45) is 5.92 Å². The number of aliphatic hydroxyl groups is 1. The minimum atomic E-state index is -1.28. The third-order valence-corrected chi connectivity index (χ3v) is 7.37. The number of benzene rings is 2. The van der Waals surface area contributed by atoms with Crippen LogP contribution in [0.1, 0.15) is 49.4 Å². The SMILES string of the molecule is C[N+](C)(CCOc1ccc(Cl)c(Cl)c1)Cc1noc(C(O)(c2ccccc2)C2CCCCC2)n1. The van der Waals surface area contributed by atoms with Crippen LogP contribution in [0.2, 0.25) is 10.0 Å². The molecule has 1 heterocycles. The van der Waals surface area contributed by atoms with Crippen molar-refractivity contribution in [3.05, 3.63) is 75.9 Å². The predicted octanol–water partition coefficient (Wildman–Crippen LogP) is 5.85. The molecule has 2 aromatic carbocycles. The van der Waals surface area contributed by atoms with Gasteiger partial charge in [-0.25, -0.2) is 0 Å². The number of rotatable bonds is 9. The molecular formula is C26H32Cl2N3O3+. The fraction of sp³-hybridized carbons (Fsp3) is 0.462. The van der Waals surface area contributed by atoms with Gasteiger partial charge in [0.05, 0.1) is 24.1 Å². The molecule has 8 heteroatoms. The van der Waals surface area contributed by atoms with Gasteiger partial charge in [-0.05, 0) is 30.5 Å². The molecule has 0 bridgehead atoms. The van der Waals surface area contributed by atoms with Crippen molar-refractivity contribution in [3.63, 3.8) is 0 Å². The summed E-state index contributed by atoms with van der Waals surface area (Å²) in [7, 11) is 4.16. The lowest BCUT2D eigenvalue weighted by Crippen LogP contribution is -2.42. The van der Waals surface area contributed by atoms with Crippen LogP contribution in [0.25, 0.3) is 0 Å². The van der Waals surface area contributed by atoms with Gasteiger partial charge in [-0.1, -0.05) is 78.0 Å². The highest BCUT2D eigenvalue weighted by Gasteiger charge is 2.45. The van der Waals surface area contributed by atoms with Crippen molar-refractivity contribution < 1.29 is 18.8 Å². The molecule has 1 N–H and O–H groups in total. The van der Waals surface area contributed by atoms with Gasteiger partial charge < -0.3 is 18.8 Å². The van der Waals surface area contributed by atoms with Crippen molar-refractivity contribution in [1.82, 2.24) is 10.1 Å². The van der Waals surface area contributed by atoms with Crippen LogP contribution < -0.4 is 4.74 Å². The summed E-state index contributed by atoms with van der Waals surface area (Å²) in [6, 6.07) is 14.9. The molecule has 0 saturated heterocycles. The summed E-state index contributed by atoms with van der Waals surface area (Å²) in [4.78, 5) is 4.69. The molecule has 0 amide bonds. The lowest BCUT2D eigenvalue weighted by molar-refractivity contribution is -0.904. The maximum atomic E-state index is 12.0. The second-order valence-electron chi connectivity index (χ2n) is 9.72.